The molecule has 0 aliphatic carbocycles. The third kappa shape index (κ3) is 4.57. The monoisotopic (exact) mass is 423 g/mol. The summed E-state index contributed by atoms with van der Waals surface area (Å²) in [4.78, 5) is 11.4. The lowest BCUT2D eigenvalue weighted by Gasteiger charge is -2.36. The second-order valence-electron chi connectivity index (χ2n) is 7.01. The van der Waals surface area contributed by atoms with Crippen LogP contribution in [0.4, 0.5) is 0 Å². The van der Waals surface area contributed by atoms with Gasteiger partial charge < -0.3 is 21.1 Å². The maximum atomic E-state index is 11.4. The van der Waals surface area contributed by atoms with E-state index in [0.29, 0.717) is 0 Å². The SMILES string of the molecule is N[C@@H](CSC(c1ccccc1)(c1ccc(CO)cc1)c1ccc(CO)cc1)C(=O)O. The third-order valence-corrected chi connectivity index (χ3v) is 6.73. The summed E-state index contributed by atoms with van der Waals surface area (Å²) >= 11 is 1.46. The minimum absolute atomic E-state index is 0.0547. The van der Waals surface area contributed by atoms with Crippen LogP contribution in [0.25, 0.3) is 0 Å². The van der Waals surface area contributed by atoms with Gasteiger partial charge in [-0.2, -0.15) is 0 Å². The van der Waals surface area contributed by atoms with Gasteiger partial charge >= 0.3 is 5.97 Å². The van der Waals surface area contributed by atoms with E-state index in [9.17, 15) is 20.1 Å². The van der Waals surface area contributed by atoms with Crippen LogP contribution in [0.2, 0.25) is 0 Å². The minimum atomic E-state index is -1.05. The van der Waals surface area contributed by atoms with Gasteiger partial charge in [-0.1, -0.05) is 78.9 Å². The lowest BCUT2D eigenvalue weighted by Crippen LogP contribution is -2.36. The zero-order chi connectivity index (χ0) is 21.6. The number of hydrogen-bond acceptors (Lipinski definition) is 5. The molecule has 0 amide bonds. The van der Waals surface area contributed by atoms with Crippen molar-refractivity contribution in [1.29, 1.82) is 0 Å². The Hall–Kier alpha value is -2.64. The van der Waals surface area contributed by atoms with Gasteiger partial charge in [0.25, 0.3) is 0 Å². The van der Waals surface area contributed by atoms with Gasteiger partial charge in [-0.15, -0.1) is 11.8 Å². The van der Waals surface area contributed by atoms with E-state index in [4.69, 9.17) is 5.73 Å². The average molecular weight is 424 g/mol. The molecule has 0 aliphatic heterocycles. The topological polar surface area (TPSA) is 104 Å². The van der Waals surface area contributed by atoms with Gasteiger partial charge in [-0.05, 0) is 27.8 Å². The van der Waals surface area contributed by atoms with E-state index in [1.807, 2.05) is 78.9 Å². The molecule has 5 N–H and O–H groups in total. The molecule has 0 aromatic heterocycles. The molecule has 0 aliphatic rings. The minimum Gasteiger partial charge on any atom is -0.480 e. The molecule has 0 spiro atoms. The molecule has 0 unspecified atom stereocenters. The molecule has 1 atom stereocenters. The molecule has 0 radical (unpaired) electrons. The van der Waals surface area contributed by atoms with Crippen LogP contribution in [0.15, 0.2) is 78.9 Å². The summed E-state index contributed by atoms with van der Waals surface area (Å²) in [5.41, 5.74) is 10.3. The molecule has 0 saturated heterocycles. The fourth-order valence-electron chi connectivity index (χ4n) is 3.40. The van der Waals surface area contributed by atoms with Gasteiger partial charge in [0.1, 0.15) is 6.04 Å². The first-order chi connectivity index (χ1) is 14.5. The van der Waals surface area contributed by atoms with Gasteiger partial charge in [-0.3, -0.25) is 4.79 Å². The number of benzene rings is 3. The molecule has 3 rings (SSSR count). The number of thioether (sulfide) groups is 1. The van der Waals surface area contributed by atoms with E-state index in [0.717, 1.165) is 27.8 Å². The maximum absolute atomic E-state index is 11.4. The number of rotatable bonds is 9. The van der Waals surface area contributed by atoms with E-state index in [2.05, 4.69) is 0 Å². The molecule has 5 nitrogen and oxygen atoms in total. The summed E-state index contributed by atoms with van der Waals surface area (Å²) in [5.74, 6) is -0.844. The van der Waals surface area contributed by atoms with Crippen LogP contribution in [0.3, 0.4) is 0 Å². The third-order valence-electron chi connectivity index (χ3n) is 5.06. The quantitative estimate of drug-likeness (QED) is 0.394. The number of nitrogens with two attached hydrogens (primary N) is 1. The molecular weight excluding hydrogens is 398 g/mol. The fraction of sp³-hybridized carbons (Fsp3) is 0.208. The molecular formula is C24H25NO4S. The van der Waals surface area contributed by atoms with Gasteiger partial charge in [-0.25, -0.2) is 0 Å². The van der Waals surface area contributed by atoms with Crippen molar-refractivity contribution < 1.29 is 20.1 Å². The lowest BCUT2D eigenvalue weighted by atomic mass is 9.83. The van der Waals surface area contributed by atoms with E-state index < -0.39 is 16.8 Å². The summed E-state index contributed by atoms with van der Waals surface area (Å²) in [6, 6.07) is 24.2. The Labute approximate surface area is 180 Å². The Morgan fingerprint density at radius 3 is 1.63 bits per heavy atom. The molecule has 0 heterocycles. The van der Waals surface area contributed by atoms with Gasteiger partial charge in [0.15, 0.2) is 0 Å². The van der Waals surface area contributed by atoms with Crippen LogP contribution >= 0.6 is 11.8 Å². The first-order valence-electron chi connectivity index (χ1n) is 9.59. The lowest BCUT2D eigenvalue weighted by molar-refractivity contribution is -0.137. The number of aliphatic hydroxyl groups excluding tert-OH is 2. The molecule has 3 aromatic rings. The second kappa shape index (κ2) is 9.91. The molecule has 156 valence electrons. The van der Waals surface area contributed by atoms with Crippen molar-refractivity contribution in [2.45, 2.75) is 24.0 Å². The van der Waals surface area contributed by atoms with Crippen molar-refractivity contribution in [1.82, 2.24) is 0 Å². The number of carboxylic acid groups (broad SMARTS) is 1. The molecule has 6 heteroatoms. The van der Waals surface area contributed by atoms with Gasteiger partial charge in [0, 0.05) is 5.75 Å². The Bertz CT molecular complexity index is 911. The first-order valence-corrected chi connectivity index (χ1v) is 10.6. The standard InChI is InChI=1S/C24H25NO4S/c25-22(23(28)29)16-30-24(19-4-2-1-3-5-19,20-10-6-17(14-26)7-11-20)21-12-8-18(15-27)9-13-21/h1-13,22,26-27H,14-16,25H2,(H,28,29)/t22-/m0/s1. The summed E-state index contributed by atoms with van der Waals surface area (Å²) in [7, 11) is 0. The smallest absolute Gasteiger partial charge is 0.321 e. The van der Waals surface area contributed by atoms with Crippen LogP contribution in [0, 0.1) is 0 Å². The highest BCUT2D eigenvalue weighted by molar-refractivity contribution is 8.00. The van der Waals surface area contributed by atoms with Crippen molar-refractivity contribution in [2.75, 3.05) is 5.75 Å². The molecule has 0 bridgehead atoms. The zero-order valence-electron chi connectivity index (χ0n) is 16.4. The number of aliphatic hydroxyl groups is 2. The summed E-state index contributed by atoms with van der Waals surface area (Å²) in [5, 5.41) is 28.2. The Morgan fingerprint density at radius 2 is 1.23 bits per heavy atom. The van der Waals surface area contributed by atoms with E-state index >= 15 is 0 Å². The van der Waals surface area contributed by atoms with E-state index in [1.54, 1.807) is 0 Å². The number of hydrogen-bond donors (Lipinski definition) is 4. The van der Waals surface area contributed by atoms with E-state index in [-0.39, 0.29) is 19.0 Å². The largest absolute Gasteiger partial charge is 0.480 e. The van der Waals surface area contributed by atoms with Crippen LogP contribution < -0.4 is 5.73 Å². The van der Waals surface area contributed by atoms with Crippen molar-refractivity contribution in [3.8, 4) is 0 Å². The molecule has 0 fully saturated rings. The molecule has 30 heavy (non-hydrogen) atoms. The van der Waals surface area contributed by atoms with Crippen molar-refractivity contribution in [3.05, 3.63) is 107 Å². The number of carboxylic acids is 1. The Kier molecular flexibility index (Phi) is 7.29. The highest BCUT2D eigenvalue weighted by Gasteiger charge is 2.38. The predicted octanol–water partition coefficient (Wildman–Crippen LogP) is 3.11. The number of carbonyl (C=O) groups is 1. The van der Waals surface area contributed by atoms with Crippen molar-refractivity contribution >= 4 is 17.7 Å². The highest BCUT2D eigenvalue weighted by atomic mass is 32.2. The van der Waals surface area contributed by atoms with Gasteiger partial charge in [0.2, 0.25) is 0 Å². The van der Waals surface area contributed by atoms with Crippen LogP contribution in [-0.2, 0) is 22.8 Å². The predicted molar refractivity (Wildman–Crippen MR) is 119 cm³/mol. The maximum Gasteiger partial charge on any atom is 0.321 e. The van der Waals surface area contributed by atoms with Crippen LogP contribution in [0.5, 0.6) is 0 Å². The highest BCUT2D eigenvalue weighted by Crippen LogP contribution is 2.48. The first kappa shape index (κ1) is 22.1. The second-order valence-corrected chi connectivity index (χ2v) is 8.25. The Balaban J connectivity index is 2.21. The molecule has 3 aromatic carbocycles. The fourth-order valence-corrected chi connectivity index (χ4v) is 4.88. The van der Waals surface area contributed by atoms with E-state index in [1.165, 1.54) is 11.8 Å². The van der Waals surface area contributed by atoms with Crippen molar-refractivity contribution in [3.63, 3.8) is 0 Å². The summed E-state index contributed by atoms with van der Waals surface area (Å²) in [6.45, 7) is -0.109. The van der Waals surface area contributed by atoms with Crippen LogP contribution in [0.1, 0.15) is 27.8 Å². The zero-order valence-corrected chi connectivity index (χ0v) is 17.3. The normalized spacial score (nSPS) is 12.5. The number of aliphatic carboxylic acids is 1. The summed E-state index contributed by atoms with van der Waals surface area (Å²) in [6.07, 6.45) is 0. The van der Waals surface area contributed by atoms with Crippen molar-refractivity contribution in [2.24, 2.45) is 5.73 Å². The average Bonchev–Trinajstić information content (AvgIpc) is 2.80. The summed E-state index contributed by atoms with van der Waals surface area (Å²) < 4.78 is -0.712. The molecule has 0 saturated carbocycles. The Morgan fingerprint density at radius 1 is 0.800 bits per heavy atom. The van der Waals surface area contributed by atoms with Gasteiger partial charge in [0.05, 0.1) is 18.0 Å². The van der Waals surface area contributed by atoms with Crippen LogP contribution in [-0.4, -0.2) is 33.1 Å².